The maximum atomic E-state index is 13.3. The van der Waals surface area contributed by atoms with Crippen LogP contribution in [0.4, 0.5) is 5.69 Å². The first-order valence-corrected chi connectivity index (χ1v) is 12.2. The number of aryl methyl sites for hydroxylation is 1. The Morgan fingerprint density at radius 1 is 0.941 bits per heavy atom. The topological polar surface area (TPSA) is 79.0 Å². The van der Waals surface area contributed by atoms with E-state index in [-0.39, 0.29) is 23.6 Å². The van der Waals surface area contributed by atoms with Crippen LogP contribution in [0.1, 0.15) is 48.0 Å². The van der Waals surface area contributed by atoms with Crippen molar-refractivity contribution in [3.63, 3.8) is 0 Å². The summed E-state index contributed by atoms with van der Waals surface area (Å²) in [6, 6.07) is 15.2. The quantitative estimate of drug-likeness (QED) is 0.741. The van der Waals surface area contributed by atoms with Crippen molar-refractivity contribution in [2.24, 2.45) is 5.92 Å². The van der Waals surface area contributed by atoms with Crippen molar-refractivity contribution in [1.82, 2.24) is 9.80 Å². The number of ether oxygens (including phenoxy) is 1. The molecule has 1 N–H and O–H groups in total. The van der Waals surface area contributed by atoms with Crippen LogP contribution in [0.3, 0.4) is 0 Å². The summed E-state index contributed by atoms with van der Waals surface area (Å²) in [5, 5.41) is 2.93. The molecule has 0 radical (unpaired) electrons. The van der Waals surface area contributed by atoms with Crippen molar-refractivity contribution in [1.29, 1.82) is 0 Å². The van der Waals surface area contributed by atoms with E-state index in [0.717, 1.165) is 11.1 Å². The van der Waals surface area contributed by atoms with Crippen LogP contribution >= 0.6 is 0 Å². The van der Waals surface area contributed by atoms with Gasteiger partial charge < -0.3 is 19.9 Å². The van der Waals surface area contributed by atoms with Crippen LogP contribution in [0.15, 0.2) is 48.5 Å². The molecule has 2 aromatic rings. The van der Waals surface area contributed by atoms with Crippen molar-refractivity contribution >= 4 is 23.4 Å². The molecule has 1 spiro atoms. The SMILES string of the molecule is Cc1ccccc1C(=O)N1CCC(C(=O)N2CCC3(CC2)CC(=O)Nc2ccccc2O3)CC1. The number of rotatable bonds is 2. The standard InChI is InChI=1S/C27H31N3O4/c1-19-6-2-3-7-21(19)26(33)29-14-10-20(11-15-29)25(32)30-16-12-27(13-17-30)18-24(31)28-22-8-4-5-9-23(22)34-27/h2-9,20H,10-18H2,1H3,(H,28,31). The van der Waals surface area contributed by atoms with Crippen molar-refractivity contribution in [3.8, 4) is 5.75 Å². The van der Waals surface area contributed by atoms with E-state index in [0.29, 0.717) is 69.7 Å². The average molecular weight is 462 g/mol. The lowest BCUT2D eigenvalue weighted by molar-refractivity contribution is -0.141. The number of carbonyl (C=O) groups is 3. The van der Waals surface area contributed by atoms with Gasteiger partial charge in [0, 0.05) is 50.5 Å². The Hall–Kier alpha value is -3.35. The molecular formula is C27H31N3O4. The van der Waals surface area contributed by atoms with Crippen LogP contribution in [0.5, 0.6) is 5.75 Å². The van der Waals surface area contributed by atoms with Gasteiger partial charge in [0.15, 0.2) is 0 Å². The molecule has 7 heteroatoms. The Balaban J connectivity index is 1.17. The fourth-order valence-corrected chi connectivity index (χ4v) is 5.40. The predicted octanol–water partition coefficient (Wildman–Crippen LogP) is 3.63. The van der Waals surface area contributed by atoms with Crippen LogP contribution in [-0.4, -0.2) is 59.3 Å². The smallest absolute Gasteiger partial charge is 0.254 e. The van der Waals surface area contributed by atoms with Gasteiger partial charge in [-0.1, -0.05) is 30.3 Å². The Morgan fingerprint density at radius 3 is 2.35 bits per heavy atom. The summed E-state index contributed by atoms with van der Waals surface area (Å²) in [7, 11) is 0. The molecule has 7 nitrogen and oxygen atoms in total. The molecule has 5 rings (SSSR count). The maximum Gasteiger partial charge on any atom is 0.254 e. The van der Waals surface area contributed by atoms with Gasteiger partial charge >= 0.3 is 0 Å². The van der Waals surface area contributed by atoms with Crippen LogP contribution < -0.4 is 10.1 Å². The van der Waals surface area contributed by atoms with Gasteiger partial charge in [0.05, 0.1) is 12.1 Å². The Kier molecular flexibility index (Phi) is 6.02. The maximum absolute atomic E-state index is 13.3. The number of para-hydroxylation sites is 2. The molecule has 0 bridgehead atoms. The average Bonchev–Trinajstić information content (AvgIpc) is 2.99. The van der Waals surface area contributed by atoms with Gasteiger partial charge in [-0.3, -0.25) is 14.4 Å². The van der Waals surface area contributed by atoms with Gasteiger partial charge in [0.1, 0.15) is 11.4 Å². The zero-order valence-electron chi connectivity index (χ0n) is 19.6. The van der Waals surface area contributed by atoms with E-state index in [2.05, 4.69) is 5.32 Å². The molecular weight excluding hydrogens is 430 g/mol. The zero-order valence-corrected chi connectivity index (χ0v) is 19.6. The lowest BCUT2D eigenvalue weighted by Crippen LogP contribution is -2.52. The highest BCUT2D eigenvalue weighted by Crippen LogP contribution is 2.38. The normalized spacial score (nSPS) is 20.2. The molecule has 0 unspecified atom stereocenters. The number of fused-ring (bicyclic) bond motifs is 1. The van der Waals surface area contributed by atoms with E-state index in [1.807, 2.05) is 65.3 Å². The highest BCUT2D eigenvalue weighted by atomic mass is 16.5. The van der Waals surface area contributed by atoms with Crippen molar-refractivity contribution < 1.29 is 19.1 Å². The minimum Gasteiger partial charge on any atom is -0.484 e. The summed E-state index contributed by atoms with van der Waals surface area (Å²) in [5.74, 6) is 0.799. The van der Waals surface area contributed by atoms with E-state index >= 15 is 0 Å². The number of piperidine rings is 2. The van der Waals surface area contributed by atoms with Gasteiger partial charge in [-0.2, -0.15) is 0 Å². The number of likely N-dealkylation sites (tertiary alicyclic amines) is 2. The first-order valence-electron chi connectivity index (χ1n) is 12.2. The van der Waals surface area contributed by atoms with Crippen LogP contribution in [-0.2, 0) is 9.59 Å². The first kappa shape index (κ1) is 22.4. The van der Waals surface area contributed by atoms with Gasteiger partial charge in [0.25, 0.3) is 5.91 Å². The molecule has 0 aliphatic carbocycles. The number of hydrogen-bond donors (Lipinski definition) is 1. The second-order valence-corrected chi connectivity index (χ2v) is 9.71. The predicted molar refractivity (Wildman–Crippen MR) is 129 cm³/mol. The van der Waals surface area contributed by atoms with E-state index < -0.39 is 5.60 Å². The third-order valence-electron chi connectivity index (χ3n) is 7.46. The van der Waals surface area contributed by atoms with Crippen molar-refractivity contribution in [3.05, 3.63) is 59.7 Å². The number of amides is 3. The van der Waals surface area contributed by atoms with Crippen LogP contribution in [0.25, 0.3) is 0 Å². The fourth-order valence-electron chi connectivity index (χ4n) is 5.40. The number of hydrogen-bond acceptors (Lipinski definition) is 4. The minimum absolute atomic E-state index is 0.0459. The minimum atomic E-state index is -0.573. The lowest BCUT2D eigenvalue weighted by atomic mass is 9.86. The summed E-state index contributed by atoms with van der Waals surface area (Å²) in [6.45, 7) is 4.31. The summed E-state index contributed by atoms with van der Waals surface area (Å²) < 4.78 is 6.36. The third kappa shape index (κ3) is 4.39. The van der Waals surface area contributed by atoms with Crippen molar-refractivity contribution in [2.45, 2.75) is 44.6 Å². The van der Waals surface area contributed by atoms with Gasteiger partial charge in [0.2, 0.25) is 11.8 Å². The number of benzene rings is 2. The molecule has 3 amide bonds. The second kappa shape index (κ2) is 9.12. The molecule has 3 aliphatic rings. The molecule has 0 saturated carbocycles. The molecule has 0 atom stereocenters. The number of carbonyl (C=O) groups excluding carboxylic acids is 3. The summed E-state index contributed by atoms with van der Waals surface area (Å²) in [5.41, 5.74) is 1.85. The third-order valence-corrected chi connectivity index (χ3v) is 7.46. The molecule has 3 heterocycles. The molecule has 178 valence electrons. The molecule has 34 heavy (non-hydrogen) atoms. The zero-order chi connectivity index (χ0) is 23.7. The summed E-state index contributed by atoms with van der Waals surface area (Å²) >= 11 is 0. The number of nitrogens with zero attached hydrogens (tertiary/aromatic N) is 2. The summed E-state index contributed by atoms with van der Waals surface area (Å²) in [4.78, 5) is 42.4. The molecule has 3 aliphatic heterocycles. The van der Waals surface area contributed by atoms with Gasteiger partial charge in [-0.25, -0.2) is 0 Å². The molecule has 2 saturated heterocycles. The lowest BCUT2D eigenvalue weighted by Gasteiger charge is -2.42. The van der Waals surface area contributed by atoms with Gasteiger partial charge in [-0.15, -0.1) is 0 Å². The number of anilines is 1. The highest BCUT2D eigenvalue weighted by molar-refractivity contribution is 5.96. The van der Waals surface area contributed by atoms with Crippen LogP contribution in [0.2, 0.25) is 0 Å². The second-order valence-electron chi connectivity index (χ2n) is 9.71. The van der Waals surface area contributed by atoms with Crippen molar-refractivity contribution in [2.75, 3.05) is 31.5 Å². The van der Waals surface area contributed by atoms with E-state index in [1.165, 1.54) is 0 Å². The Labute approximate surface area is 200 Å². The van der Waals surface area contributed by atoms with E-state index in [1.54, 1.807) is 0 Å². The molecule has 2 aromatic carbocycles. The largest absolute Gasteiger partial charge is 0.484 e. The Bertz CT molecular complexity index is 1100. The monoisotopic (exact) mass is 461 g/mol. The molecule has 0 aromatic heterocycles. The van der Waals surface area contributed by atoms with Gasteiger partial charge in [-0.05, 0) is 43.5 Å². The first-order chi connectivity index (χ1) is 16.4. The number of nitrogens with one attached hydrogen (secondary N) is 1. The van der Waals surface area contributed by atoms with Crippen LogP contribution in [0, 0.1) is 12.8 Å². The summed E-state index contributed by atoms with van der Waals surface area (Å²) in [6.07, 6.45) is 2.92. The van der Waals surface area contributed by atoms with E-state index in [9.17, 15) is 14.4 Å². The fraction of sp³-hybridized carbons (Fsp3) is 0.444. The Morgan fingerprint density at radius 2 is 1.62 bits per heavy atom. The highest BCUT2D eigenvalue weighted by Gasteiger charge is 2.43. The molecule has 2 fully saturated rings. The van der Waals surface area contributed by atoms with E-state index in [4.69, 9.17) is 4.74 Å².